The topological polar surface area (TPSA) is 70.4 Å². The Morgan fingerprint density at radius 2 is 2.15 bits per heavy atom. The summed E-state index contributed by atoms with van der Waals surface area (Å²) in [5.41, 5.74) is 6.85. The van der Waals surface area contributed by atoms with Gasteiger partial charge in [-0.3, -0.25) is 4.79 Å². The Balaban J connectivity index is 1.86. The van der Waals surface area contributed by atoms with E-state index in [0.29, 0.717) is 16.6 Å². The average molecular weight is 312 g/mol. The van der Waals surface area contributed by atoms with E-state index in [1.807, 2.05) is 6.26 Å². The monoisotopic (exact) mass is 312 g/mol. The smallest absolute Gasteiger partial charge is 0.263 e. The van der Waals surface area contributed by atoms with Gasteiger partial charge in [-0.1, -0.05) is 0 Å². The fourth-order valence-electron chi connectivity index (χ4n) is 2.34. The number of amides is 1. The molecule has 0 unspecified atom stereocenters. The van der Waals surface area contributed by atoms with E-state index in [1.54, 1.807) is 11.8 Å². The minimum Gasteiger partial charge on any atom is -0.396 e. The van der Waals surface area contributed by atoms with Crippen LogP contribution in [0.1, 0.15) is 22.5 Å². The standard InChI is InChI=1S/C13H20N4OS2/c1-19-11-9(14)10(12(18)16-8-2-3-8)20-13(11)17-6-4-15-5-7-17/h8,15H,2-7,14H2,1H3,(H,16,18). The van der Waals surface area contributed by atoms with Crippen LogP contribution in [0.4, 0.5) is 10.7 Å². The van der Waals surface area contributed by atoms with Crippen molar-refractivity contribution in [2.45, 2.75) is 23.8 Å². The SMILES string of the molecule is CSc1c(N2CCNCC2)sc(C(=O)NC2CC2)c1N. The van der Waals surface area contributed by atoms with Crippen LogP contribution in [0.2, 0.25) is 0 Å². The van der Waals surface area contributed by atoms with Gasteiger partial charge in [0.2, 0.25) is 0 Å². The van der Waals surface area contributed by atoms with Crippen molar-refractivity contribution in [1.29, 1.82) is 0 Å². The molecule has 2 heterocycles. The van der Waals surface area contributed by atoms with E-state index in [2.05, 4.69) is 15.5 Å². The molecule has 7 heteroatoms. The van der Waals surface area contributed by atoms with Crippen molar-refractivity contribution in [1.82, 2.24) is 10.6 Å². The fourth-order valence-corrected chi connectivity index (χ4v) is 4.47. The number of carbonyl (C=O) groups excluding carboxylic acids is 1. The Morgan fingerprint density at radius 1 is 1.45 bits per heavy atom. The van der Waals surface area contributed by atoms with E-state index in [0.717, 1.165) is 48.9 Å². The summed E-state index contributed by atoms with van der Waals surface area (Å²) in [5.74, 6) is -0.00770. The molecular formula is C13H20N4OS2. The molecule has 20 heavy (non-hydrogen) atoms. The number of anilines is 2. The summed E-state index contributed by atoms with van der Waals surface area (Å²) in [7, 11) is 0. The Morgan fingerprint density at radius 3 is 2.75 bits per heavy atom. The molecule has 1 aromatic rings. The van der Waals surface area contributed by atoms with Crippen LogP contribution in [-0.4, -0.2) is 44.4 Å². The number of thiophene rings is 1. The molecule has 1 aliphatic heterocycles. The van der Waals surface area contributed by atoms with Crippen molar-refractivity contribution in [2.75, 3.05) is 43.1 Å². The van der Waals surface area contributed by atoms with Gasteiger partial charge in [-0.2, -0.15) is 0 Å². The minimum atomic E-state index is -0.00770. The predicted molar refractivity (Wildman–Crippen MR) is 86.1 cm³/mol. The molecule has 4 N–H and O–H groups in total. The number of hydrogen-bond donors (Lipinski definition) is 3. The number of nitrogens with two attached hydrogens (primary N) is 1. The van der Waals surface area contributed by atoms with E-state index in [1.165, 1.54) is 11.3 Å². The van der Waals surface area contributed by atoms with Crippen LogP contribution in [0, 0.1) is 0 Å². The summed E-state index contributed by atoms with van der Waals surface area (Å²) in [5, 5.41) is 7.53. The molecule has 5 nitrogen and oxygen atoms in total. The molecule has 0 radical (unpaired) electrons. The van der Waals surface area contributed by atoms with Crippen molar-refractivity contribution in [3.63, 3.8) is 0 Å². The summed E-state index contributed by atoms with van der Waals surface area (Å²) < 4.78 is 0. The van der Waals surface area contributed by atoms with Crippen molar-refractivity contribution in [3.8, 4) is 0 Å². The maximum absolute atomic E-state index is 12.3. The van der Waals surface area contributed by atoms with Crippen LogP contribution in [0.5, 0.6) is 0 Å². The highest BCUT2D eigenvalue weighted by molar-refractivity contribution is 7.99. The van der Waals surface area contributed by atoms with Gasteiger partial charge in [-0.05, 0) is 19.1 Å². The first kappa shape index (κ1) is 14.0. The average Bonchev–Trinajstić information content (AvgIpc) is 3.21. The molecule has 1 aromatic heterocycles. The molecule has 1 amide bonds. The van der Waals surface area contributed by atoms with E-state index in [4.69, 9.17) is 5.73 Å². The van der Waals surface area contributed by atoms with Gasteiger partial charge in [-0.15, -0.1) is 23.1 Å². The number of thioether (sulfide) groups is 1. The quantitative estimate of drug-likeness (QED) is 0.732. The minimum absolute atomic E-state index is 0.00770. The van der Waals surface area contributed by atoms with Gasteiger partial charge < -0.3 is 21.3 Å². The third kappa shape index (κ3) is 2.75. The van der Waals surface area contributed by atoms with Gasteiger partial charge in [0.1, 0.15) is 9.88 Å². The van der Waals surface area contributed by atoms with Crippen LogP contribution < -0.4 is 21.3 Å². The summed E-state index contributed by atoms with van der Waals surface area (Å²) in [4.78, 5) is 16.3. The van der Waals surface area contributed by atoms with Crippen LogP contribution >= 0.6 is 23.1 Å². The molecule has 1 saturated heterocycles. The van der Waals surface area contributed by atoms with E-state index >= 15 is 0 Å². The molecule has 110 valence electrons. The van der Waals surface area contributed by atoms with E-state index < -0.39 is 0 Å². The van der Waals surface area contributed by atoms with Gasteiger partial charge in [0.25, 0.3) is 5.91 Å². The summed E-state index contributed by atoms with van der Waals surface area (Å²) in [6.07, 6.45) is 4.21. The van der Waals surface area contributed by atoms with Gasteiger partial charge in [0.05, 0.1) is 10.6 Å². The molecule has 0 atom stereocenters. The Kier molecular flexibility index (Phi) is 4.09. The van der Waals surface area contributed by atoms with Gasteiger partial charge >= 0.3 is 0 Å². The zero-order chi connectivity index (χ0) is 14.1. The number of carbonyl (C=O) groups is 1. The molecule has 1 saturated carbocycles. The van der Waals surface area contributed by atoms with Crippen LogP contribution in [0.3, 0.4) is 0 Å². The van der Waals surface area contributed by atoms with Gasteiger partial charge in [0.15, 0.2) is 0 Å². The van der Waals surface area contributed by atoms with Crippen molar-refractivity contribution < 1.29 is 4.79 Å². The summed E-state index contributed by atoms with van der Waals surface area (Å²) in [6, 6.07) is 0.365. The first-order valence-electron chi connectivity index (χ1n) is 6.93. The van der Waals surface area contributed by atoms with Crippen LogP contribution in [-0.2, 0) is 0 Å². The lowest BCUT2D eigenvalue weighted by Gasteiger charge is -2.28. The number of rotatable bonds is 4. The molecule has 1 aliphatic carbocycles. The maximum atomic E-state index is 12.3. The molecule has 3 rings (SSSR count). The molecule has 2 fully saturated rings. The van der Waals surface area contributed by atoms with Gasteiger partial charge in [-0.25, -0.2) is 0 Å². The number of nitrogen functional groups attached to an aromatic ring is 1. The predicted octanol–water partition coefficient (Wildman–Crippen LogP) is 1.35. The van der Waals surface area contributed by atoms with Crippen molar-refractivity contribution >= 4 is 39.7 Å². The molecule has 0 aromatic carbocycles. The van der Waals surface area contributed by atoms with Crippen molar-refractivity contribution in [3.05, 3.63) is 4.88 Å². The summed E-state index contributed by atoms with van der Waals surface area (Å²) in [6.45, 7) is 3.90. The molecule has 2 aliphatic rings. The van der Waals surface area contributed by atoms with E-state index in [-0.39, 0.29) is 5.91 Å². The normalized spacial score (nSPS) is 19.1. The van der Waals surface area contributed by atoms with Gasteiger partial charge in [0, 0.05) is 32.2 Å². The highest BCUT2D eigenvalue weighted by atomic mass is 32.2. The lowest BCUT2D eigenvalue weighted by atomic mass is 10.3. The fraction of sp³-hybridized carbons (Fsp3) is 0.615. The Bertz CT molecular complexity index is 507. The highest BCUT2D eigenvalue weighted by Gasteiger charge is 2.28. The molecule has 0 spiro atoms. The third-order valence-electron chi connectivity index (χ3n) is 3.61. The number of hydrogen-bond acceptors (Lipinski definition) is 6. The Labute approximate surface area is 127 Å². The highest BCUT2D eigenvalue weighted by Crippen LogP contribution is 2.44. The second-order valence-electron chi connectivity index (χ2n) is 5.17. The van der Waals surface area contributed by atoms with E-state index in [9.17, 15) is 4.79 Å². The third-order valence-corrected chi connectivity index (χ3v) is 5.83. The first-order chi connectivity index (χ1) is 9.70. The Hall–Kier alpha value is -0.920. The number of piperazine rings is 1. The second kappa shape index (κ2) is 5.83. The largest absolute Gasteiger partial charge is 0.396 e. The molecule has 0 bridgehead atoms. The second-order valence-corrected chi connectivity index (χ2v) is 6.98. The summed E-state index contributed by atoms with van der Waals surface area (Å²) >= 11 is 3.17. The maximum Gasteiger partial charge on any atom is 0.263 e. The lowest BCUT2D eigenvalue weighted by Crippen LogP contribution is -2.43. The zero-order valence-corrected chi connectivity index (χ0v) is 13.2. The lowest BCUT2D eigenvalue weighted by molar-refractivity contribution is 0.0956. The zero-order valence-electron chi connectivity index (χ0n) is 11.6. The van der Waals surface area contributed by atoms with Crippen molar-refractivity contribution in [2.24, 2.45) is 0 Å². The number of nitrogens with one attached hydrogen (secondary N) is 2. The number of nitrogens with zero attached hydrogens (tertiary/aromatic N) is 1. The molecular weight excluding hydrogens is 292 g/mol. The van der Waals surface area contributed by atoms with Crippen LogP contribution in [0.25, 0.3) is 0 Å². The van der Waals surface area contributed by atoms with Crippen LogP contribution in [0.15, 0.2) is 4.90 Å². The first-order valence-corrected chi connectivity index (χ1v) is 8.97.